The van der Waals surface area contributed by atoms with Gasteiger partial charge in [0, 0.05) is 12.6 Å². The van der Waals surface area contributed by atoms with Crippen molar-refractivity contribution < 1.29 is 29.6 Å². The summed E-state index contributed by atoms with van der Waals surface area (Å²) in [6, 6.07) is 3.09. The lowest BCUT2D eigenvalue weighted by molar-refractivity contribution is -0.142. The van der Waals surface area contributed by atoms with Crippen molar-refractivity contribution in [1.29, 1.82) is 0 Å². The first-order valence-corrected chi connectivity index (χ1v) is 6.59. The van der Waals surface area contributed by atoms with Crippen LogP contribution in [0.4, 0.5) is 0 Å². The summed E-state index contributed by atoms with van der Waals surface area (Å²) >= 11 is 0. The molecule has 2 rings (SSSR count). The molecule has 3 N–H and O–H groups in total. The number of carboxylic acids is 1. The molecule has 1 amide bonds. The van der Waals surface area contributed by atoms with E-state index in [0.29, 0.717) is 0 Å². The highest BCUT2D eigenvalue weighted by Crippen LogP contribution is 2.27. The molecule has 2 atom stereocenters. The van der Waals surface area contributed by atoms with Crippen molar-refractivity contribution in [2.75, 3.05) is 19.8 Å². The van der Waals surface area contributed by atoms with Crippen LogP contribution in [0.3, 0.4) is 0 Å². The Labute approximate surface area is 121 Å². The Morgan fingerprint density at radius 3 is 2.62 bits per heavy atom. The van der Waals surface area contributed by atoms with E-state index < -0.39 is 23.8 Å². The Hall–Kier alpha value is -2.28. The summed E-state index contributed by atoms with van der Waals surface area (Å²) < 4.78 is 5.17. The average Bonchev–Trinajstić information content (AvgIpc) is 2.88. The molecule has 1 saturated heterocycles. The molecule has 2 unspecified atom stereocenters. The van der Waals surface area contributed by atoms with Gasteiger partial charge in [-0.15, -0.1) is 0 Å². The van der Waals surface area contributed by atoms with E-state index in [4.69, 9.17) is 4.74 Å². The largest absolute Gasteiger partial charge is 0.508 e. The predicted molar refractivity (Wildman–Crippen MR) is 72.2 cm³/mol. The number of amides is 1. The van der Waals surface area contributed by atoms with E-state index in [1.165, 1.54) is 17.0 Å². The first-order valence-electron chi connectivity index (χ1n) is 6.59. The number of carboxylic acid groups (broad SMARTS) is 1. The zero-order valence-corrected chi connectivity index (χ0v) is 11.5. The molecule has 0 aliphatic carbocycles. The van der Waals surface area contributed by atoms with Crippen molar-refractivity contribution >= 4 is 11.9 Å². The number of aromatic hydroxyl groups is 2. The van der Waals surface area contributed by atoms with Crippen LogP contribution in [0.25, 0.3) is 0 Å². The number of carbonyl (C=O) groups excluding carboxylic acids is 1. The van der Waals surface area contributed by atoms with E-state index >= 15 is 0 Å². The van der Waals surface area contributed by atoms with E-state index in [1.807, 2.05) is 0 Å². The van der Waals surface area contributed by atoms with Gasteiger partial charge < -0.3 is 25.0 Å². The fourth-order valence-electron chi connectivity index (χ4n) is 2.47. The fraction of sp³-hybridized carbons (Fsp3) is 0.429. The maximum Gasteiger partial charge on any atom is 0.311 e. The SMILES string of the molecule is CCN(C(=O)c1ccc(O)cc1O)C1COCC1C(=O)O. The molecule has 0 radical (unpaired) electrons. The van der Waals surface area contributed by atoms with Crippen LogP contribution in [0.15, 0.2) is 18.2 Å². The first-order chi connectivity index (χ1) is 9.95. The molecule has 1 aliphatic rings. The minimum absolute atomic E-state index is 0.0192. The standard InChI is InChI=1S/C14H17NO6/c1-2-15(11-7-21-6-10(11)14(19)20)13(18)9-4-3-8(16)5-12(9)17/h3-5,10-11,16-17H,2,6-7H2,1H3,(H,19,20). The number of phenolic OH excluding ortho intramolecular Hbond substituents is 2. The van der Waals surface area contributed by atoms with Gasteiger partial charge in [0.05, 0.1) is 24.8 Å². The number of phenols is 2. The zero-order chi connectivity index (χ0) is 15.6. The molecule has 21 heavy (non-hydrogen) atoms. The molecule has 114 valence electrons. The minimum atomic E-state index is -1.02. The third-order valence-electron chi connectivity index (χ3n) is 3.58. The number of nitrogens with zero attached hydrogens (tertiary/aromatic N) is 1. The maximum atomic E-state index is 12.5. The lowest BCUT2D eigenvalue weighted by Gasteiger charge is -2.29. The second-order valence-corrected chi connectivity index (χ2v) is 4.84. The molecule has 0 aromatic heterocycles. The van der Waals surface area contributed by atoms with Crippen molar-refractivity contribution in [2.24, 2.45) is 5.92 Å². The number of carbonyl (C=O) groups is 2. The molecule has 1 aromatic carbocycles. The fourth-order valence-corrected chi connectivity index (χ4v) is 2.47. The number of hydrogen-bond acceptors (Lipinski definition) is 5. The molecular weight excluding hydrogens is 278 g/mol. The lowest BCUT2D eigenvalue weighted by Crippen LogP contribution is -2.46. The number of hydrogen-bond donors (Lipinski definition) is 3. The minimum Gasteiger partial charge on any atom is -0.508 e. The highest BCUT2D eigenvalue weighted by atomic mass is 16.5. The second-order valence-electron chi connectivity index (χ2n) is 4.84. The van der Waals surface area contributed by atoms with E-state index in [2.05, 4.69) is 0 Å². The Morgan fingerprint density at radius 1 is 1.33 bits per heavy atom. The van der Waals surface area contributed by atoms with Crippen LogP contribution in [0, 0.1) is 5.92 Å². The topological polar surface area (TPSA) is 107 Å². The Bertz CT molecular complexity index is 558. The van der Waals surface area contributed by atoms with Crippen molar-refractivity contribution in [1.82, 2.24) is 4.90 Å². The summed E-state index contributed by atoms with van der Waals surface area (Å²) in [5.74, 6) is -2.78. The van der Waals surface area contributed by atoms with Crippen LogP contribution < -0.4 is 0 Å². The van der Waals surface area contributed by atoms with Crippen LogP contribution in [0.1, 0.15) is 17.3 Å². The number of likely N-dealkylation sites (N-methyl/N-ethyl adjacent to an activating group) is 1. The quantitative estimate of drug-likeness (QED) is 0.753. The van der Waals surface area contributed by atoms with Gasteiger partial charge in [0.1, 0.15) is 17.4 Å². The molecule has 1 heterocycles. The van der Waals surface area contributed by atoms with Crippen LogP contribution in [0.2, 0.25) is 0 Å². The monoisotopic (exact) mass is 295 g/mol. The van der Waals surface area contributed by atoms with Gasteiger partial charge >= 0.3 is 5.97 Å². The van der Waals surface area contributed by atoms with Crippen molar-refractivity contribution in [2.45, 2.75) is 13.0 Å². The summed E-state index contributed by atoms with van der Waals surface area (Å²) in [6.45, 7) is 2.23. The molecule has 1 aliphatic heterocycles. The molecule has 0 saturated carbocycles. The molecule has 7 nitrogen and oxygen atoms in total. The predicted octanol–water partition coefficient (Wildman–Crippen LogP) is 0.659. The maximum absolute atomic E-state index is 12.5. The van der Waals surface area contributed by atoms with Crippen molar-refractivity contribution in [3.63, 3.8) is 0 Å². The summed E-state index contributed by atoms with van der Waals surface area (Å²) in [5.41, 5.74) is 0.0192. The van der Waals surface area contributed by atoms with Crippen molar-refractivity contribution in [3.8, 4) is 11.5 Å². The third-order valence-corrected chi connectivity index (χ3v) is 3.58. The summed E-state index contributed by atoms with van der Waals surface area (Å²) in [4.78, 5) is 25.1. The molecule has 7 heteroatoms. The van der Waals surface area contributed by atoms with E-state index in [1.54, 1.807) is 6.92 Å². The zero-order valence-electron chi connectivity index (χ0n) is 11.5. The summed E-state index contributed by atoms with van der Waals surface area (Å²) in [5, 5.41) is 28.2. The number of ether oxygens (including phenoxy) is 1. The third kappa shape index (κ3) is 2.92. The summed E-state index contributed by atoms with van der Waals surface area (Å²) in [7, 11) is 0. The normalized spacial score (nSPS) is 21.2. The van der Waals surface area contributed by atoms with Gasteiger partial charge in [0.15, 0.2) is 0 Å². The highest BCUT2D eigenvalue weighted by molar-refractivity contribution is 5.97. The van der Waals surface area contributed by atoms with Gasteiger partial charge in [-0.1, -0.05) is 0 Å². The Kier molecular flexibility index (Phi) is 4.32. The summed E-state index contributed by atoms with van der Waals surface area (Å²) in [6.07, 6.45) is 0. The van der Waals surface area contributed by atoms with Gasteiger partial charge in [-0.3, -0.25) is 9.59 Å². The molecule has 1 aromatic rings. The lowest BCUT2D eigenvalue weighted by atomic mass is 10.0. The Balaban J connectivity index is 2.28. The van der Waals surface area contributed by atoms with E-state index in [9.17, 15) is 24.9 Å². The van der Waals surface area contributed by atoms with Crippen LogP contribution >= 0.6 is 0 Å². The number of rotatable bonds is 4. The van der Waals surface area contributed by atoms with Gasteiger partial charge in [-0.2, -0.15) is 0 Å². The van der Waals surface area contributed by atoms with Crippen molar-refractivity contribution in [3.05, 3.63) is 23.8 Å². The van der Waals surface area contributed by atoms with Crippen LogP contribution in [-0.4, -0.2) is 57.9 Å². The Morgan fingerprint density at radius 2 is 2.05 bits per heavy atom. The van der Waals surface area contributed by atoms with Crippen LogP contribution in [0.5, 0.6) is 11.5 Å². The first kappa shape index (κ1) is 15.1. The molecule has 1 fully saturated rings. The van der Waals surface area contributed by atoms with Gasteiger partial charge in [0.25, 0.3) is 5.91 Å². The number of benzene rings is 1. The van der Waals surface area contributed by atoms with E-state index in [0.717, 1.165) is 6.07 Å². The molecule has 0 bridgehead atoms. The molecular formula is C14H17NO6. The molecule has 0 spiro atoms. The van der Waals surface area contributed by atoms with Gasteiger partial charge in [-0.05, 0) is 19.1 Å². The average molecular weight is 295 g/mol. The second kappa shape index (κ2) is 6.01. The highest BCUT2D eigenvalue weighted by Gasteiger charge is 2.40. The number of aliphatic carboxylic acids is 1. The smallest absolute Gasteiger partial charge is 0.311 e. The van der Waals surface area contributed by atoms with Gasteiger partial charge in [-0.25, -0.2) is 0 Å². The van der Waals surface area contributed by atoms with Crippen LogP contribution in [-0.2, 0) is 9.53 Å². The van der Waals surface area contributed by atoms with Gasteiger partial charge in [0.2, 0.25) is 0 Å². The van der Waals surface area contributed by atoms with E-state index in [-0.39, 0.29) is 36.8 Å².